The van der Waals surface area contributed by atoms with Gasteiger partial charge >= 0.3 is 0 Å². The number of aryl methyl sites for hydroxylation is 1. The summed E-state index contributed by atoms with van der Waals surface area (Å²) in [6.45, 7) is 1.63. The van der Waals surface area contributed by atoms with Gasteiger partial charge in [-0.25, -0.2) is 23.1 Å². The summed E-state index contributed by atoms with van der Waals surface area (Å²) in [4.78, 5) is 21.6. The number of benzene rings is 1. The van der Waals surface area contributed by atoms with E-state index in [0.29, 0.717) is 46.8 Å². The summed E-state index contributed by atoms with van der Waals surface area (Å²) in [6, 6.07) is 4.76. The number of nitrogens with two attached hydrogens (primary N) is 1. The Kier molecular flexibility index (Phi) is 6.19. The lowest BCUT2D eigenvalue weighted by atomic mass is 9.85. The van der Waals surface area contributed by atoms with E-state index in [1.165, 1.54) is 23.0 Å². The van der Waals surface area contributed by atoms with Crippen LogP contribution in [0.4, 0.5) is 19.0 Å². The Bertz CT molecular complexity index is 1410. The molecule has 3 heterocycles. The summed E-state index contributed by atoms with van der Waals surface area (Å²) in [5, 5.41) is 3.54. The number of anilines is 1. The summed E-state index contributed by atoms with van der Waals surface area (Å²) in [5.41, 5.74) is 5.37. The number of aromatic nitrogens is 3. The first kappa shape index (κ1) is 24.2. The third-order valence-electron chi connectivity index (χ3n) is 6.49. The van der Waals surface area contributed by atoms with Crippen LogP contribution in [0, 0.1) is 5.82 Å². The average molecular weight is 494 g/mol. The van der Waals surface area contributed by atoms with Crippen molar-refractivity contribution in [1.82, 2.24) is 14.5 Å². The van der Waals surface area contributed by atoms with Crippen LogP contribution in [0.2, 0.25) is 0 Å². The smallest absolute Gasteiger partial charge is 0.266 e. The first-order valence-corrected chi connectivity index (χ1v) is 12.8. The topological polar surface area (TPSA) is 103 Å². The molecule has 7 nitrogen and oxygen atoms in total. The van der Waals surface area contributed by atoms with Gasteiger partial charge in [0.05, 0.1) is 17.0 Å². The third kappa shape index (κ3) is 4.29. The maximum absolute atomic E-state index is 14.7. The van der Waals surface area contributed by atoms with Gasteiger partial charge in [0.2, 0.25) is 0 Å². The van der Waals surface area contributed by atoms with Gasteiger partial charge in [0.1, 0.15) is 23.6 Å². The Hall–Kier alpha value is -2.92. The summed E-state index contributed by atoms with van der Waals surface area (Å²) >= 11 is 0. The van der Waals surface area contributed by atoms with E-state index in [1.54, 1.807) is 20.0 Å². The van der Waals surface area contributed by atoms with E-state index in [0.717, 1.165) is 6.07 Å². The van der Waals surface area contributed by atoms with E-state index in [2.05, 4.69) is 21.2 Å². The summed E-state index contributed by atoms with van der Waals surface area (Å²) in [7, 11) is -0.644. The number of rotatable bonds is 5. The van der Waals surface area contributed by atoms with Crippen molar-refractivity contribution in [3.05, 3.63) is 63.5 Å². The van der Waals surface area contributed by atoms with Crippen LogP contribution in [-0.2, 0) is 22.1 Å². The van der Waals surface area contributed by atoms with Gasteiger partial charge in [0.25, 0.3) is 12.0 Å². The molecule has 0 bridgehead atoms. The van der Waals surface area contributed by atoms with E-state index in [9.17, 15) is 22.2 Å². The molecule has 1 atom stereocenters. The van der Waals surface area contributed by atoms with Gasteiger partial charge in [-0.1, -0.05) is 18.2 Å². The lowest BCUT2D eigenvalue weighted by molar-refractivity contribution is 0.146. The molecule has 1 aromatic carbocycles. The zero-order chi connectivity index (χ0) is 24.8. The fraction of sp³-hybridized carbons (Fsp3) is 0.391. The van der Waals surface area contributed by atoms with Crippen molar-refractivity contribution in [3.8, 4) is 0 Å². The normalized spacial score (nSPS) is 23.9. The molecular formula is C23H26F3N5O2S. The number of alkyl halides is 2. The van der Waals surface area contributed by atoms with Crippen molar-refractivity contribution in [2.75, 3.05) is 16.8 Å². The van der Waals surface area contributed by atoms with Crippen molar-refractivity contribution in [3.63, 3.8) is 0 Å². The van der Waals surface area contributed by atoms with Crippen LogP contribution in [0.25, 0.3) is 11.0 Å². The van der Waals surface area contributed by atoms with Crippen molar-refractivity contribution < 1.29 is 17.4 Å². The standard InChI is InChI=1S/C23H26F3N5O2S/c1-13(14-5-4-6-15(18(14)24)19(25)26)30-20-16-11-17(22(32)31(2)21(16)29-12-28-20)23(27)7-9-34(3,33)10-8-23/h4-6,11-13,19H,3,7-10,27H2,1-2H3,(H,28,29,30)/t13-,23?,34?/m1/s1. The molecule has 0 aliphatic carbocycles. The van der Waals surface area contributed by atoms with Crippen LogP contribution >= 0.6 is 0 Å². The Morgan fingerprint density at radius 3 is 2.53 bits per heavy atom. The fourth-order valence-corrected chi connectivity index (χ4v) is 6.00. The largest absolute Gasteiger partial charge is 0.363 e. The molecule has 1 saturated heterocycles. The molecule has 34 heavy (non-hydrogen) atoms. The second kappa shape index (κ2) is 8.70. The van der Waals surface area contributed by atoms with Gasteiger partial charge in [-0.15, -0.1) is 0 Å². The maximum Gasteiger partial charge on any atom is 0.266 e. The van der Waals surface area contributed by atoms with Crippen LogP contribution in [0.3, 0.4) is 0 Å². The van der Waals surface area contributed by atoms with Crippen molar-refractivity contribution in [1.29, 1.82) is 0 Å². The molecule has 0 unspecified atom stereocenters. The average Bonchev–Trinajstić information content (AvgIpc) is 2.78. The summed E-state index contributed by atoms with van der Waals surface area (Å²) in [6.07, 6.45) is -0.990. The van der Waals surface area contributed by atoms with Gasteiger partial charge in [-0.2, -0.15) is 0 Å². The van der Waals surface area contributed by atoms with Crippen LogP contribution < -0.4 is 16.6 Å². The first-order valence-electron chi connectivity index (χ1n) is 10.7. The number of hydrogen-bond acceptors (Lipinski definition) is 6. The Morgan fingerprint density at radius 2 is 1.88 bits per heavy atom. The second-order valence-corrected chi connectivity index (χ2v) is 11.6. The molecule has 0 amide bonds. The van der Waals surface area contributed by atoms with Gasteiger partial charge in [-0.05, 0) is 41.2 Å². The first-order chi connectivity index (χ1) is 15.9. The van der Waals surface area contributed by atoms with Crippen LogP contribution in [0.15, 0.2) is 35.4 Å². The Morgan fingerprint density at radius 1 is 1.24 bits per heavy atom. The number of halogens is 3. The minimum Gasteiger partial charge on any atom is -0.363 e. The molecule has 1 fully saturated rings. The number of nitrogens with one attached hydrogen (secondary N) is 1. The van der Waals surface area contributed by atoms with Crippen LogP contribution in [-0.4, -0.2) is 36.1 Å². The molecule has 1 aliphatic rings. The summed E-state index contributed by atoms with van der Waals surface area (Å²) in [5.74, 6) is 3.71. The van der Waals surface area contributed by atoms with Crippen LogP contribution in [0.5, 0.6) is 0 Å². The second-order valence-electron chi connectivity index (χ2n) is 8.83. The molecule has 11 heteroatoms. The molecule has 0 radical (unpaired) electrons. The Balaban J connectivity index is 1.78. The molecule has 0 spiro atoms. The van der Waals surface area contributed by atoms with Crippen molar-refractivity contribution in [2.45, 2.75) is 37.8 Å². The van der Waals surface area contributed by atoms with Gasteiger partial charge < -0.3 is 11.1 Å². The molecular weight excluding hydrogens is 467 g/mol. The van der Waals surface area contributed by atoms with E-state index in [1.807, 2.05) is 0 Å². The monoisotopic (exact) mass is 493 g/mol. The number of nitrogens with zero attached hydrogens (tertiary/aromatic N) is 3. The lowest BCUT2D eigenvalue weighted by Gasteiger charge is -2.35. The van der Waals surface area contributed by atoms with E-state index in [-0.39, 0.29) is 11.1 Å². The van der Waals surface area contributed by atoms with E-state index in [4.69, 9.17) is 5.73 Å². The molecule has 2 aromatic heterocycles. The van der Waals surface area contributed by atoms with Crippen molar-refractivity contribution >= 4 is 32.2 Å². The summed E-state index contributed by atoms with van der Waals surface area (Å²) < 4.78 is 54.7. The number of pyridine rings is 1. The highest BCUT2D eigenvalue weighted by atomic mass is 32.2. The van der Waals surface area contributed by atoms with Crippen molar-refractivity contribution in [2.24, 2.45) is 12.8 Å². The quantitative estimate of drug-likeness (QED) is 0.529. The van der Waals surface area contributed by atoms with Crippen LogP contribution in [0.1, 0.15) is 48.9 Å². The van der Waals surface area contributed by atoms with E-state index >= 15 is 0 Å². The van der Waals surface area contributed by atoms with E-state index < -0.39 is 38.9 Å². The molecule has 1 aliphatic heterocycles. The third-order valence-corrected chi connectivity index (χ3v) is 8.39. The maximum atomic E-state index is 14.7. The predicted molar refractivity (Wildman–Crippen MR) is 128 cm³/mol. The fourth-order valence-electron chi connectivity index (χ4n) is 4.33. The Labute approximate surface area is 195 Å². The number of fused-ring (bicyclic) bond motifs is 1. The molecule has 3 N–H and O–H groups in total. The van der Waals surface area contributed by atoms with Gasteiger partial charge in [0.15, 0.2) is 0 Å². The highest BCUT2D eigenvalue weighted by molar-refractivity contribution is 8.00. The van der Waals surface area contributed by atoms with Gasteiger partial charge in [0, 0.05) is 35.2 Å². The minimum absolute atomic E-state index is 0.0578. The molecule has 182 valence electrons. The van der Waals surface area contributed by atoms with Gasteiger partial charge in [-0.3, -0.25) is 13.6 Å². The highest BCUT2D eigenvalue weighted by Crippen LogP contribution is 2.33. The SMILES string of the molecule is C=S1(=O)CCC(N)(c2cc3c(N[C@H](C)c4cccc(C(F)F)c4F)ncnc3n(C)c2=O)CC1. The highest BCUT2D eigenvalue weighted by Gasteiger charge is 2.36. The molecule has 0 saturated carbocycles. The minimum atomic E-state index is -2.94. The predicted octanol–water partition coefficient (Wildman–Crippen LogP) is 3.24. The zero-order valence-corrected chi connectivity index (χ0v) is 19.7. The molecule has 3 aromatic rings. The number of hydrogen-bond donors (Lipinski definition) is 2. The molecule has 4 rings (SSSR count). The zero-order valence-electron chi connectivity index (χ0n) is 18.9. The lowest BCUT2D eigenvalue weighted by Crippen LogP contribution is -2.48.